The lowest BCUT2D eigenvalue weighted by Crippen LogP contribution is -1.95. The summed E-state index contributed by atoms with van der Waals surface area (Å²) in [5.74, 6) is 0. The second-order valence-electron chi connectivity index (χ2n) is 12.8. The molecule has 0 bridgehead atoms. The molecule has 0 radical (unpaired) electrons. The molecule has 3 heteroatoms. The Balaban J connectivity index is 1.22. The molecule has 11 aromatic rings. The van der Waals surface area contributed by atoms with E-state index in [0.717, 1.165) is 55.0 Å². The minimum Gasteiger partial charge on any atom is -0.309 e. The first kappa shape index (κ1) is 22.0. The van der Waals surface area contributed by atoms with Crippen molar-refractivity contribution < 1.29 is 9.60 Å². The Hall–Kier alpha value is -6.84. The van der Waals surface area contributed by atoms with Gasteiger partial charge in [-0.2, -0.15) is 0 Å². The van der Waals surface area contributed by atoms with Gasteiger partial charge in [-0.1, -0.05) is 103 Å². The molecule has 238 valence electrons. The molecule has 0 amide bonds. The van der Waals surface area contributed by atoms with Crippen LogP contribution in [0.3, 0.4) is 0 Å². The highest BCUT2D eigenvalue weighted by molar-refractivity contribution is 6.14. The third-order valence-electron chi connectivity index (χ3n) is 10.1. The van der Waals surface area contributed by atoms with E-state index in [0.29, 0.717) is 11.3 Å². The molecular formula is C48H31N3. The predicted molar refractivity (Wildman–Crippen MR) is 215 cm³/mol. The minimum atomic E-state index is -0.421. The van der Waals surface area contributed by atoms with Crippen molar-refractivity contribution in [1.29, 1.82) is 0 Å². The molecule has 0 unspecified atom stereocenters. The summed E-state index contributed by atoms with van der Waals surface area (Å²) in [4.78, 5) is 0. The van der Waals surface area contributed by atoms with Crippen molar-refractivity contribution in [3.05, 3.63) is 188 Å². The number of hydrogen-bond acceptors (Lipinski definition) is 0. The Morgan fingerprint density at radius 3 is 1.53 bits per heavy atom. The zero-order chi connectivity index (χ0) is 39.6. The van der Waals surface area contributed by atoms with Crippen LogP contribution in [0.15, 0.2) is 188 Å². The van der Waals surface area contributed by atoms with E-state index in [1.165, 1.54) is 0 Å². The Labute approximate surface area is 304 Å². The van der Waals surface area contributed by atoms with Crippen LogP contribution >= 0.6 is 0 Å². The number of nitrogens with zero attached hydrogens (tertiary/aromatic N) is 3. The molecule has 0 atom stereocenters. The Morgan fingerprint density at radius 2 is 0.843 bits per heavy atom. The smallest absolute Gasteiger partial charge is 0.0645 e. The van der Waals surface area contributed by atoms with Crippen LogP contribution in [0.1, 0.15) is 9.60 Å². The molecule has 0 N–H and O–H groups in total. The molecule has 0 saturated carbocycles. The van der Waals surface area contributed by atoms with Crippen molar-refractivity contribution in [3.8, 4) is 28.2 Å². The normalized spacial score (nSPS) is 13.8. The van der Waals surface area contributed by atoms with Gasteiger partial charge in [0.2, 0.25) is 0 Å². The topological polar surface area (TPSA) is 14.8 Å². The molecule has 8 aromatic carbocycles. The van der Waals surface area contributed by atoms with Gasteiger partial charge in [-0.25, -0.2) is 0 Å². The van der Waals surface area contributed by atoms with E-state index in [9.17, 15) is 6.85 Å². The van der Waals surface area contributed by atoms with Gasteiger partial charge in [-0.3, -0.25) is 0 Å². The summed E-state index contributed by atoms with van der Waals surface area (Å²) >= 11 is 0. The van der Waals surface area contributed by atoms with Crippen molar-refractivity contribution in [3.63, 3.8) is 0 Å². The third kappa shape index (κ3) is 4.12. The lowest BCUT2D eigenvalue weighted by atomic mass is 10.0. The van der Waals surface area contributed by atoms with Crippen LogP contribution in [0.2, 0.25) is 0 Å². The summed E-state index contributed by atoms with van der Waals surface area (Å²) in [5.41, 5.74) is 7.62. The monoisotopic (exact) mass is 656 g/mol. The summed E-state index contributed by atoms with van der Waals surface area (Å²) in [5, 5.41) is 4.19. The third-order valence-corrected chi connectivity index (χ3v) is 10.1. The molecular weight excluding hydrogens is 619 g/mol. The molecule has 0 spiro atoms. The Morgan fingerprint density at radius 1 is 0.314 bits per heavy atom. The van der Waals surface area contributed by atoms with Crippen LogP contribution in [-0.4, -0.2) is 13.7 Å². The molecule has 0 aliphatic rings. The summed E-state index contributed by atoms with van der Waals surface area (Å²) < 4.78 is 70.9. The van der Waals surface area contributed by atoms with Crippen LogP contribution in [0.5, 0.6) is 0 Å². The zero-order valence-electron chi connectivity index (χ0n) is 34.2. The number of benzene rings is 8. The first-order chi connectivity index (χ1) is 28.2. The highest BCUT2D eigenvalue weighted by Gasteiger charge is 2.18. The molecule has 3 heterocycles. The van der Waals surface area contributed by atoms with Gasteiger partial charge in [-0.15, -0.1) is 0 Å². The van der Waals surface area contributed by atoms with E-state index < -0.39 is 12.1 Å². The van der Waals surface area contributed by atoms with Gasteiger partial charge in [0, 0.05) is 49.4 Å². The average Bonchev–Trinajstić information content (AvgIpc) is 3.91. The summed E-state index contributed by atoms with van der Waals surface area (Å²) in [6.07, 6.45) is 0. The molecule has 51 heavy (non-hydrogen) atoms. The lowest BCUT2D eigenvalue weighted by molar-refractivity contribution is 1.17. The minimum absolute atomic E-state index is 0.0716. The number of fused-ring (bicyclic) bond motifs is 9. The van der Waals surface area contributed by atoms with Crippen molar-refractivity contribution in [2.75, 3.05) is 0 Å². The fourth-order valence-corrected chi connectivity index (χ4v) is 7.86. The molecule has 3 nitrogen and oxygen atoms in total. The van der Waals surface area contributed by atoms with Gasteiger partial charge in [0.1, 0.15) is 0 Å². The second-order valence-corrected chi connectivity index (χ2v) is 12.8. The lowest BCUT2D eigenvalue weighted by Gasteiger charge is -2.11. The van der Waals surface area contributed by atoms with Crippen LogP contribution in [0.4, 0.5) is 0 Å². The first-order valence-corrected chi connectivity index (χ1v) is 17.0. The average molecular weight is 657 g/mol. The fraction of sp³-hybridized carbons (Fsp3) is 0. The van der Waals surface area contributed by atoms with Crippen LogP contribution in [-0.2, 0) is 0 Å². The maximum Gasteiger partial charge on any atom is 0.0645 e. The molecule has 0 saturated heterocycles. The van der Waals surface area contributed by atoms with E-state index in [1.807, 2.05) is 97.1 Å². The largest absolute Gasteiger partial charge is 0.309 e. The van der Waals surface area contributed by atoms with Crippen LogP contribution in [0, 0.1) is 0 Å². The Bertz CT molecular complexity index is 3530. The molecule has 0 aliphatic carbocycles. The number of aromatic nitrogens is 3. The van der Waals surface area contributed by atoms with E-state index >= 15 is 0 Å². The van der Waals surface area contributed by atoms with Crippen molar-refractivity contribution in [2.45, 2.75) is 0 Å². The van der Waals surface area contributed by atoms with Gasteiger partial charge in [-0.05, 0) is 96.0 Å². The fourth-order valence-electron chi connectivity index (χ4n) is 7.86. The number of para-hydroxylation sites is 5. The van der Waals surface area contributed by atoms with Gasteiger partial charge in [0.25, 0.3) is 0 Å². The van der Waals surface area contributed by atoms with Gasteiger partial charge in [0.15, 0.2) is 0 Å². The van der Waals surface area contributed by atoms with Crippen LogP contribution in [0.25, 0.3) is 93.6 Å². The highest BCUT2D eigenvalue weighted by Crippen LogP contribution is 2.40. The quantitative estimate of drug-likeness (QED) is 0.179. The molecule has 3 aromatic heterocycles. The number of rotatable bonds is 4. The van der Waals surface area contributed by atoms with Gasteiger partial charge < -0.3 is 13.7 Å². The van der Waals surface area contributed by atoms with Gasteiger partial charge in [0.05, 0.1) is 42.7 Å². The SMILES string of the molecule is [2H]c1c([2H])c([2H])c2c(c1[2H])c1c([2H])c(-c3ccc4c(c3)c3ccccc3n4-c3ccccc3)c([2H])c([2H])c1n2-c1ccc2c(c1)c1ccccc1n2-c1ccccc1. The van der Waals surface area contributed by atoms with Crippen molar-refractivity contribution >= 4 is 65.4 Å². The molecule has 0 fully saturated rings. The van der Waals surface area contributed by atoms with Gasteiger partial charge >= 0.3 is 0 Å². The van der Waals surface area contributed by atoms with E-state index in [-0.39, 0.29) is 57.6 Å². The first-order valence-electron chi connectivity index (χ1n) is 20.5. The van der Waals surface area contributed by atoms with Crippen molar-refractivity contribution in [1.82, 2.24) is 13.7 Å². The van der Waals surface area contributed by atoms with E-state index in [4.69, 9.17) is 2.74 Å². The highest BCUT2D eigenvalue weighted by atomic mass is 15.0. The van der Waals surface area contributed by atoms with Crippen molar-refractivity contribution in [2.24, 2.45) is 0 Å². The van der Waals surface area contributed by atoms with E-state index in [2.05, 4.69) is 57.7 Å². The molecule has 0 aliphatic heterocycles. The number of hydrogen-bond donors (Lipinski definition) is 0. The summed E-state index contributed by atoms with van der Waals surface area (Å²) in [6.45, 7) is 0. The summed E-state index contributed by atoms with van der Waals surface area (Å²) in [6, 6.07) is 46.3. The predicted octanol–water partition coefficient (Wildman–Crippen LogP) is 12.6. The van der Waals surface area contributed by atoms with Crippen LogP contribution < -0.4 is 0 Å². The molecule has 11 rings (SSSR count). The second kappa shape index (κ2) is 10.8. The zero-order valence-corrected chi connectivity index (χ0v) is 27.2. The Kier molecular flexibility index (Phi) is 4.67. The van der Waals surface area contributed by atoms with E-state index in [1.54, 1.807) is 4.57 Å². The maximum atomic E-state index is 9.83. The standard InChI is InChI=1S/C48H31N3/c1-3-13-34(14-4-1)49-43-20-10-7-17-37(43)40-29-32(23-26-46(40)49)33-24-27-47-41(30-33)38-18-8-12-22-45(38)51(47)36-25-28-48-42(31-36)39-19-9-11-21-44(39)50(48)35-15-5-2-6-16-35/h1-31H/i8D,12D,18D,22D,24D,27D,30D. The maximum absolute atomic E-state index is 9.83. The summed E-state index contributed by atoms with van der Waals surface area (Å²) in [7, 11) is 0.